The summed E-state index contributed by atoms with van der Waals surface area (Å²) in [6.07, 6.45) is 3.44. The Balaban J connectivity index is 1.53. The molecule has 158 valence electrons. The number of pyridine rings is 2. The molecule has 5 aromatic rings. The van der Waals surface area contributed by atoms with E-state index in [0.29, 0.717) is 23.0 Å². The number of rotatable bonds is 6. The smallest absolute Gasteiger partial charge is 0.138 e. The zero-order chi connectivity index (χ0) is 21.9. The van der Waals surface area contributed by atoms with Crippen LogP contribution in [0.1, 0.15) is 0 Å². The van der Waals surface area contributed by atoms with Gasteiger partial charge in [0.1, 0.15) is 45.5 Å². The van der Waals surface area contributed by atoms with Gasteiger partial charge in [0.15, 0.2) is 0 Å². The Kier molecular flexibility index (Phi) is 5.17. The lowest BCUT2D eigenvalue weighted by molar-refractivity contribution is 0.413. The molecule has 0 saturated heterocycles. The normalized spacial score (nSPS) is 10.8. The van der Waals surface area contributed by atoms with Gasteiger partial charge in [-0.1, -0.05) is 0 Å². The fourth-order valence-corrected chi connectivity index (χ4v) is 3.50. The Morgan fingerprint density at radius 2 is 0.844 bits per heavy atom. The van der Waals surface area contributed by atoms with Crippen LogP contribution in [0.5, 0.6) is 34.5 Å². The molecule has 0 saturated carbocycles. The molecule has 0 amide bonds. The summed E-state index contributed by atoms with van der Waals surface area (Å²) in [7, 11) is 3.27. The lowest BCUT2D eigenvalue weighted by Gasteiger charge is -2.12. The van der Waals surface area contributed by atoms with Crippen molar-refractivity contribution in [2.75, 3.05) is 14.2 Å². The number of aromatic nitrogens is 2. The highest BCUT2D eigenvalue weighted by molar-refractivity contribution is 6.06. The molecule has 0 aliphatic carbocycles. The maximum absolute atomic E-state index is 6.12. The predicted molar refractivity (Wildman–Crippen MR) is 123 cm³/mol. The first-order valence-electron chi connectivity index (χ1n) is 10.1. The van der Waals surface area contributed by atoms with Crippen molar-refractivity contribution >= 4 is 21.8 Å². The second-order valence-corrected chi connectivity index (χ2v) is 7.03. The minimum atomic E-state index is 0.699. The standard InChI is InChI=1S/C26H20N2O4/c1-29-17-3-7-19(8-4-17)31-23-13-15-27-25-21(23)11-12-22-24(14-16-28-26(22)25)32-20-9-5-18(30-2)6-10-20/h3-16H,1-2H3. The Morgan fingerprint density at radius 1 is 0.469 bits per heavy atom. The number of hydrogen-bond acceptors (Lipinski definition) is 6. The van der Waals surface area contributed by atoms with E-state index in [0.717, 1.165) is 33.3 Å². The van der Waals surface area contributed by atoms with Crippen LogP contribution < -0.4 is 18.9 Å². The summed E-state index contributed by atoms with van der Waals surface area (Å²) in [6.45, 7) is 0. The molecular weight excluding hydrogens is 404 g/mol. The summed E-state index contributed by atoms with van der Waals surface area (Å²) in [6, 6.07) is 22.5. The first kappa shape index (κ1) is 19.6. The summed E-state index contributed by atoms with van der Waals surface area (Å²) < 4.78 is 22.7. The van der Waals surface area contributed by atoms with E-state index in [1.165, 1.54) is 0 Å². The predicted octanol–water partition coefficient (Wildman–Crippen LogP) is 6.38. The number of methoxy groups -OCH3 is 2. The quantitative estimate of drug-likeness (QED) is 0.295. The van der Waals surface area contributed by atoms with Crippen molar-refractivity contribution in [1.29, 1.82) is 0 Å². The highest BCUT2D eigenvalue weighted by Gasteiger charge is 2.12. The zero-order valence-electron chi connectivity index (χ0n) is 17.6. The monoisotopic (exact) mass is 424 g/mol. The molecule has 6 heteroatoms. The SMILES string of the molecule is COc1ccc(Oc2ccnc3c2ccc2c(Oc4ccc(OC)cc4)ccnc23)cc1. The minimum absolute atomic E-state index is 0.699. The zero-order valence-corrected chi connectivity index (χ0v) is 17.6. The van der Waals surface area contributed by atoms with Gasteiger partial charge in [-0.05, 0) is 72.8 Å². The second-order valence-electron chi connectivity index (χ2n) is 7.03. The molecule has 0 bridgehead atoms. The number of benzene rings is 3. The van der Waals surface area contributed by atoms with Crippen LogP contribution in [0, 0.1) is 0 Å². The van der Waals surface area contributed by atoms with Crippen LogP contribution in [-0.2, 0) is 0 Å². The molecule has 2 heterocycles. The Morgan fingerprint density at radius 3 is 1.22 bits per heavy atom. The number of nitrogens with zero attached hydrogens (tertiary/aromatic N) is 2. The van der Waals surface area contributed by atoms with Gasteiger partial charge in [0, 0.05) is 23.2 Å². The van der Waals surface area contributed by atoms with E-state index >= 15 is 0 Å². The third-order valence-electron chi connectivity index (χ3n) is 5.12. The minimum Gasteiger partial charge on any atom is -0.497 e. The Hall–Kier alpha value is -4.32. The largest absolute Gasteiger partial charge is 0.497 e. The van der Waals surface area contributed by atoms with Gasteiger partial charge in [-0.15, -0.1) is 0 Å². The third kappa shape index (κ3) is 3.74. The van der Waals surface area contributed by atoms with E-state index in [9.17, 15) is 0 Å². The van der Waals surface area contributed by atoms with Gasteiger partial charge < -0.3 is 18.9 Å². The maximum Gasteiger partial charge on any atom is 0.138 e. The van der Waals surface area contributed by atoms with Crippen LogP contribution in [0.4, 0.5) is 0 Å². The first-order chi connectivity index (χ1) is 15.7. The fraction of sp³-hybridized carbons (Fsp3) is 0.0769. The summed E-state index contributed by atoms with van der Waals surface area (Å²) in [4.78, 5) is 9.15. The molecule has 0 aliphatic rings. The van der Waals surface area contributed by atoms with Gasteiger partial charge >= 0.3 is 0 Å². The van der Waals surface area contributed by atoms with Crippen LogP contribution in [0.15, 0.2) is 85.2 Å². The summed E-state index contributed by atoms with van der Waals surface area (Å²) in [5.74, 6) is 4.37. The topological polar surface area (TPSA) is 62.7 Å². The van der Waals surface area contributed by atoms with E-state index in [1.54, 1.807) is 26.6 Å². The number of hydrogen-bond donors (Lipinski definition) is 0. The Bertz CT molecular complexity index is 1280. The van der Waals surface area contributed by atoms with Crippen molar-refractivity contribution in [3.63, 3.8) is 0 Å². The van der Waals surface area contributed by atoms with Gasteiger partial charge in [-0.25, -0.2) is 0 Å². The average Bonchev–Trinajstić information content (AvgIpc) is 2.85. The first-order valence-corrected chi connectivity index (χ1v) is 10.1. The second kappa shape index (κ2) is 8.43. The van der Waals surface area contributed by atoms with Gasteiger partial charge in [-0.2, -0.15) is 0 Å². The van der Waals surface area contributed by atoms with Crippen molar-refractivity contribution in [3.8, 4) is 34.5 Å². The highest BCUT2D eigenvalue weighted by Crippen LogP contribution is 2.36. The molecular formula is C26H20N2O4. The number of ether oxygens (including phenoxy) is 4. The fourth-order valence-electron chi connectivity index (χ4n) is 3.50. The van der Waals surface area contributed by atoms with Crippen LogP contribution >= 0.6 is 0 Å². The molecule has 0 spiro atoms. The lowest BCUT2D eigenvalue weighted by atomic mass is 10.1. The molecule has 0 aliphatic heterocycles. The van der Waals surface area contributed by atoms with E-state index < -0.39 is 0 Å². The van der Waals surface area contributed by atoms with Crippen molar-refractivity contribution in [2.24, 2.45) is 0 Å². The van der Waals surface area contributed by atoms with Gasteiger partial charge in [0.05, 0.1) is 14.2 Å². The van der Waals surface area contributed by atoms with Gasteiger partial charge in [-0.3, -0.25) is 9.97 Å². The number of fused-ring (bicyclic) bond motifs is 3. The van der Waals surface area contributed by atoms with E-state index in [2.05, 4.69) is 9.97 Å². The molecule has 2 aromatic heterocycles. The molecule has 0 fully saturated rings. The van der Waals surface area contributed by atoms with Gasteiger partial charge in [0.25, 0.3) is 0 Å². The van der Waals surface area contributed by atoms with Crippen LogP contribution in [0.25, 0.3) is 21.8 Å². The molecule has 0 atom stereocenters. The molecule has 0 radical (unpaired) electrons. The van der Waals surface area contributed by atoms with E-state index in [-0.39, 0.29) is 0 Å². The molecule has 3 aromatic carbocycles. The van der Waals surface area contributed by atoms with Crippen molar-refractivity contribution in [3.05, 3.63) is 85.2 Å². The van der Waals surface area contributed by atoms with Crippen LogP contribution in [0.3, 0.4) is 0 Å². The van der Waals surface area contributed by atoms with Crippen molar-refractivity contribution in [1.82, 2.24) is 9.97 Å². The van der Waals surface area contributed by atoms with E-state index in [1.807, 2.05) is 72.8 Å². The third-order valence-corrected chi connectivity index (χ3v) is 5.12. The van der Waals surface area contributed by atoms with Crippen LogP contribution in [-0.4, -0.2) is 24.2 Å². The highest BCUT2D eigenvalue weighted by atomic mass is 16.5. The van der Waals surface area contributed by atoms with E-state index in [4.69, 9.17) is 18.9 Å². The molecule has 0 unspecified atom stereocenters. The van der Waals surface area contributed by atoms with Crippen molar-refractivity contribution in [2.45, 2.75) is 0 Å². The average molecular weight is 424 g/mol. The summed E-state index contributed by atoms with van der Waals surface area (Å²) >= 11 is 0. The molecule has 6 nitrogen and oxygen atoms in total. The van der Waals surface area contributed by atoms with Crippen molar-refractivity contribution < 1.29 is 18.9 Å². The lowest BCUT2D eigenvalue weighted by Crippen LogP contribution is -1.92. The molecule has 32 heavy (non-hydrogen) atoms. The maximum atomic E-state index is 6.12. The Labute approximate surface area is 185 Å². The van der Waals surface area contributed by atoms with Gasteiger partial charge in [0.2, 0.25) is 0 Å². The molecule has 0 N–H and O–H groups in total. The summed E-state index contributed by atoms with van der Waals surface area (Å²) in [5, 5.41) is 1.73. The molecule has 5 rings (SSSR count). The summed E-state index contributed by atoms with van der Waals surface area (Å²) in [5.41, 5.74) is 1.49. The van der Waals surface area contributed by atoms with Crippen LogP contribution in [0.2, 0.25) is 0 Å².